The van der Waals surface area contributed by atoms with E-state index in [-0.39, 0.29) is 17.8 Å². The molecule has 1 aliphatic rings. The van der Waals surface area contributed by atoms with Gasteiger partial charge in [-0.05, 0) is 56.2 Å². The molecule has 1 aliphatic heterocycles. The molecular weight excluding hydrogens is 404 g/mol. The Morgan fingerprint density at radius 2 is 1.73 bits per heavy atom. The molecule has 3 rings (SSSR count). The first-order chi connectivity index (χ1) is 14.5. The highest BCUT2D eigenvalue weighted by Crippen LogP contribution is 2.28. The molecule has 2 aromatic rings. The van der Waals surface area contributed by atoms with E-state index in [9.17, 15) is 14.4 Å². The van der Waals surface area contributed by atoms with Crippen molar-refractivity contribution in [1.82, 2.24) is 0 Å². The Balaban J connectivity index is 1.63. The van der Waals surface area contributed by atoms with Gasteiger partial charge in [0, 0.05) is 22.9 Å². The van der Waals surface area contributed by atoms with Gasteiger partial charge in [0.25, 0.3) is 11.8 Å². The normalized spacial score (nSPS) is 16.5. The van der Waals surface area contributed by atoms with Gasteiger partial charge in [0.1, 0.15) is 11.4 Å². The third-order valence-corrected chi connectivity index (χ3v) is 5.76. The van der Waals surface area contributed by atoms with Crippen LogP contribution in [0.15, 0.2) is 53.4 Å². The number of anilines is 2. The van der Waals surface area contributed by atoms with Gasteiger partial charge in [-0.1, -0.05) is 12.1 Å². The van der Waals surface area contributed by atoms with Crippen LogP contribution in [0.1, 0.15) is 30.1 Å². The quantitative estimate of drug-likeness (QED) is 0.516. The summed E-state index contributed by atoms with van der Waals surface area (Å²) in [5.74, 6) is -0.794. The molecule has 0 saturated carbocycles. The largest absolute Gasteiger partial charge is 0.468 e. The molecule has 1 saturated heterocycles. The number of methoxy groups -OCH3 is 1. The molecule has 2 unspecified atom stereocenters. The van der Waals surface area contributed by atoms with Gasteiger partial charge in [-0.2, -0.15) is 0 Å². The van der Waals surface area contributed by atoms with Gasteiger partial charge in [0.2, 0.25) is 0 Å². The standard InChI is InChI=1S/C22H24N2O5S/c1-14(22(27)28-2)30-19-8-4-3-6-17(19)20(25)23-15-9-11-16(12-10-15)24-21(26)18-7-5-13-29-18/h3-4,6,8-12,14,18H,5,7,13H2,1-2H3,(H,23,25)(H,24,26). The summed E-state index contributed by atoms with van der Waals surface area (Å²) in [7, 11) is 1.34. The van der Waals surface area contributed by atoms with E-state index < -0.39 is 11.4 Å². The highest BCUT2D eigenvalue weighted by molar-refractivity contribution is 8.00. The number of hydrogen-bond donors (Lipinski definition) is 2. The van der Waals surface area contributed by atoms with Crippen LogP contribution in [-0.2, 0) is 19.1 Å². The minimum absolute atomic E-state index is 0.157. The fourth-order valence-corrected chi connectivity index (χ4v) is 4.02. The SMILES string of the molecule is COC(=O)C(C)Sc1ccccc1C(=O)Nc1ccc(NC(=O)C2CCCO2)cc1. The molecule has 0 radical (unpaired) electrons. The zero-order valence-corrected chi connectivity index (χ0v) is 17.7. The van der Waals surface area contributed by atoms with Gasteiger partial charge in [0.15, 0.2) is 0 Å². The van der Waals surface area contributed by atoms with Crippen LogP contribution in [0.2, 0.25) is 0 Å². The molecule has 1 fully saturated rings. The molecule has 30 heavy (non-hydrogen) atoms. The fourth-order valence-electron chi connectivity index (χ4n) is 3.00. The molecular formula is C22H24N2O5S. The number of esters is 1. The Hall–Kier alpha value is -2.84. The third kappa shape index (κ3) is 5.61. The molecule has 0 aliphatic carbocycles. The van der Waals surface area contributed by atoms with E-state index in [2.05, 4.69) is 10.6 Å². The zero-order chi connectivity index (χ0) is 21.5. The van der Waals surface area contributed by atoms with Gasteiger partial charge >= 0.3 is 5.97 Å². The number of rotatable bonds is 7. The summed E-state index contributed by atoms with van der Waals surface area (Å²) in [6, 6.07) is 14.0. The molecule has 0 spiro atoms. The van der Waals surface area contributed by atoms with Crippen molar-refractivity contribution in [3.63, 3.8) is 0 Å². The van der Waals surface area contributed by atoms with E-state index >= 15 is 0 Å². The van der Waals surface area contributed by atoms with E-state index in [0.29, 0.717) is 28.4 Å². The highest BCUT2D eigenvalue weighted by Gasteiger charge is 2.23. The Labute approximate surface area is 179 Å². The van der Waals surface area contributed by atoms with Gasteiger partial charge in [0.05, 0.1) is 12.7 Å². The maximum absolute atomic E-state index is 12.8. The van der Waals surface area contributed by atoms with Crippen molar-refractivity contribution < 1.29 is 23.9 Å². The monoisotopic (exact) mass is 428 g/mol. The van der Waals surface area contributed by atoms with Crippen LogP contribution >= 0.6 is 11.8 Å². The van der Waals surface area contributed by atoms with Crippen molar-refractivity contribution in [1.29, 1.82) is 0 Å². The lowest BCUT2D eigenvalue weighted by Gasteiger charge is -2.13. The Morgan fingerprint density at radius 1 is 1.07 bits per heavy atom. The second-order valence-corrected chi connectivity index (χ2v) is 8.18. The average molecular weight is 429 g/mol. The van der Waals surface area contributed by atoms with Crippen LogP contribution in [0, 0.1) is 0 Å². The molecule has 7 nitrogen and oxygen atoms in total. The maximum Gasteiger partial charge on any atom is 0.318 e. The van der Waals surface area contributed by atoms with Gasteiger partial charge in [-0.3, -0.25) is 14.4 Å². The van der Waals surface area contributed by atoms with Crippen molar-refractivity contribution in [2.45, 2.75) is 36.0 Å². The minimum Gasteiger partial charge on any atom is -0.468 e. The first-order valence-corrected chi connectivity index (χ1v) is 10.5. The molecule has 1 heterocycles. The summed E-state index contributed by atoms with van der Waals surface area (Å²) in [4.78, 5) is 37.3. The van der Waals surface area contributed by atoms with E-state index in [1.807, 2.05) is 6.07 Å². The topological polar surface area (TPSA) is 93.7 Å². The number of carbonyl (C=O) groups excluding carboxylic acids is 3. The first-order valence-electron chi connectivity index (χ1n) is 9.65. The Kier molecular flexibility index (Phi) is 7.48. The number of hydrogen-bond acceptors (Lipinski definition) is 6. The van der Waals surface area contributed by atoms with Gasteiger partial charge in [-0.15, -0.1) is 11.8 Å². The van der Waals surface area contributed by atoms with Crippen molar-refractivity contribution >= 4 is 40.9 Å². The highest BCUT2D eigenvalue weighted by atomic mass is 32.2. The molecule has 0 aromatic heterocycles. The van der Waals surface area contributed by atoms with Crippen molar-refractivity contribution in [3.8, 4) is 0 Å². The lowest BCUT2D eigenvalue weighted by Crippen LogP contribution is -2.26. The average Bonchev–Trinajstić information content (AvgIpc) is 3.30. The smallest absolute Gasteiger partial charge is 0.318 e. The fraction of sp³-hybridized carbons (Fsp3) is 0.318. The third-order valence-electron chi connectivity index (χ3n) is 4.60. The number of benzene rings is 2. The lowest BCUT2D eigenvalue weighted by atomic mass is 10.2. The number of carbonyl (C=O) groups is 3. The molecule has 2 aromatic carbocycles. The van der Waals surface area contributed by atoms with Crippen LogP contribution in [0.3, 0.4) is 0 Å². The van der Waals surface area contributed by atoms with Gasteiger partial charge in [-0.25, -0.2) is 0 Å². The van der Waals surface area contributed by atoms with Crippen molar-refractivity contribution in [2.75, 3.05) is 24.4 Å². The number of thioether (sulfide) groups is 1. The van der Waals surface area contributed by atoms with E-state index in [0.717, 1.165) is 12.8 Å². The van der Waals surface area contributed by atoms with Crippen LogP contribution < -0.4 is 10.6 Å². The molecule has 2 atom stereocenters. The number of nitrogens with one attached hydrogen (secondary N) is 2. The summed E-state index contributed by atoms with van der Waals surface area (Å²) >= 11 is 1.27. The summed E-state index contributed by atoms with van der Waals surface area (Å²) in [5, 5.41) is 5.23. The first kappa shape index (κ1) is 21.9. The predicted molar refractivity (Wildman–Crippen MR) is 116 cm³/mol. The summed E-state index contributed by atoms with van der Waals surface area (Å²) in [6.45, 7) is 2.34. The maximum atomic E-state index is 12.8. The molecule has 0 bridgehead atoms. The Morgan fingerprint density at radius 3 is 2.37 bits per heavy atom. The summed E-state index contributed by atoms with van der Waals surface area (Å²) in [5.41, 5.74) is 1.70. The van der Waals surface area contributed by atoms with Gasteiger partial charge < -0.3 is 20.1 Å². The summed E-state index contributed by atoms with van der Waals surface area (Å²) in [6.07, 6.45) is 1.22. The number of amides is 2. The second-order valence-electron chi connectivity index (χ2n) is 6.80. The van der Waals surface area contributed by atoms with Crippen molar-refractivity contribution in [2.24, 2.45) is 0 Å². The molecule has 8 heteroatoms. The van der Waals surface area contributed by atoms with E-state index in [1.54, 1.807) is 49.4 Å². The number of ether oxygens (including phenoxy) is 2. The molecule has 2 amide bonds. The Bertz CT molecular complexity index is 910. The van der Waals surface area contributed by atoms with Crippen LogP contribution in [-0.4, -0.2) is 42.9 Å². The van der Waals surface area contributed by atoms with Crippen molar-refractivity contribution in [3.05, 3.63) is 54.1 Å². The van der Waals surface area contributed by atoms with E-state index in [1.165, 1.54) is 18.9 Å². The predicted octanol–water partition coefficient (Wildman–Crippen LogP) is 3.71. The molecule has 2 N–H and O–H groups in total. The van der Waals surface area contributed by atoms with Crippen LogP contribution in [0.4, 0.5) is 11.4 Å². The second kappa shape index (κ2) is 10.3. The van der Waals surface area contributed by atoms with Crippen LogP contribution in [0.25, 0.3) is 0 Å². The van der Waals surface area contributed by atoms with Crippen LogP contribution in [0.5, 0.6) is 0 Å². The zero-order valence-electron chi connectivity index (χ0n) is 16.8. The summed E-state index contributed by atoms with van der Waals surface area (Å²) < 4.78 is 10.1. The minimum atomic E-state index is -0.435. The van der Waals surface area contributed by atoms with E-state index in [4.69, 9.17) is 9.47 Å². The lowest BCUT2D eigenvalue weighted by molar-refractivity contribution is -0.139. The molecule has 158 valence electrons.